The van der Waals surface area contributed by atoms with Gasteiger partial charge < -0.3 is 5.11 Å². The predicted octanol–water partition coefficient (Wildman–Crippen LogP) is 1.01. The quantitative estimate of drug-likeness (QED) is 0.838. The number of nitrogens with zero attached hydrogens (tertiary/aromatic N) is 1. The molecule has 1 aromatic rings. The first kappa shape index (κ1) is 15.1. The van der Waals surface area contributed by atoms with Crippen molar-refractivity contribution in [3.63, 3.8) is 0 Å². The van der Waals surface area contributed by atoms with Gasteiger partial charge in [-0.25, -0.2) is 8.42 Å². The van der Waals surface area contributed by atoms with Crippen LogP contribution < -0.4 is 4.72 Å². The third-order valence-corrected chi connectivity index (χ3v) is 4.10. The molecule has 0 heterocycles. The summed E-state index contributed by atoms with van der Waals surface area (Å²) >= 11 is 0. The number of nitrogens with one attached hydrogen (secondary N) is 1. The third kappa shape index (κ3) is 3.53. The minimum absolute atomic E-state index is 0.0521. The van der Waals surface area contributed by atoms with Crippen LogP contribution >= 0.6 is 0 Å². The molecule has 7 heteroatoms. The maximum absolute atomic E-state index is 12.0. The van der Waals surface area contributed by atoms with Crippen LogP contribution in [0.25, 0.3) is 0 Å². The Bertz CT molecular complexity index is 632. The van der Waals surface area contributed by atoms with Crippen molar-refractivity contribution in [3.05, 3.63) is 29.3 Å². The maximum atomic E-state index is 12.0. The molecule has 0 amide bonds. The average molecular weight is 282 g/mol. The van der Waals surface area contributed by atoms with E-state index in [9.17, 15) is 13.2 Å². The predicted molar refractivity (Wildman–Crippen MR) is 67.9 cm³/mol. The van der Waals surface area contributed by atoms with Gasteiger partial charge in [0.25, 0.3) is 0 Å². The number of sulfonamides is 1. The number of aryl methyl sites for hydroxylation is 1. The Morgan fingerprint density at radius 1 is 1.53 bits per heavy atom. The van der Waals surface area contributed by atoms with E-state index in [1.54, 1.807) is 13.8 Å². The molecule has 0 spiro atoms. The number of carbonyl (C=O) groups is 1. The summed E-state index contributed by atoms with van der Waals surface area (Å²) < 4.78 is 26.1. The number of hydrogen-bond acceptors (Lipinski definition) is 4. The molecular weight excluding hydrogens is 268 g/mol. The molecule has 0 saturated heterocycles. The largest absolute Gasteiger partial charge is 0.480 e. The minimum Gasteiger partial charge on any atom is -0.480 e. The minimum atomic E-state index is -3.90. The molecule has 0 aliphatic rings. The zero-order valence-corrected chi connectivity index (χ0v) is 11.4. The van der Waals surface area contributed by atoms with Crippen LogP contribution in [0.1, 0.15) is 24.5 Å². The molecule has 19 heavy (non-hydrogen) atoms. The van der Waals surface area contributed by atoms with E-state index >= 15 is 0 Å². The monoisotopic (exact) mass is 282 g/mol. The van der Waals surface area contributed by atoms with Crippen LogP contribution in [0, 0.1) is 18.3 Å². The molecule has 0 fully saturated rings. The summed E-state index contributed by atoms with van der Waals surface area (Å²) in [6, 6.07) is 4.79. The Labute approximate surface area is 111 Å². The topological polar surface area (TPSA) is 107 Å². The van der Waals surface area contributed by atoms with E-state index in [2.05, 4.69) is 4.72 Å². The lowest BCUT2D eigenvalue weighted by Gasteiger charge is -2.13. The number of carboxylic acids is 1. The lowest BCUT2D eigenvalue weighted by molar-refractivity contribution is -0.139. The molecular formula is C12H14N2O4S. The van der Waals surface area contributed by atoms with Crippen molar-refractivity contribution in [2.45, 2.75) is 31.2 Å². The Morgan fingerprint density at radius 2 is 2.16 bits per heavy atom. The molecule has 1 atom stereocenters. The summed E-state index contributed by atoms with van der Waals surface area (Å²) in [5.41, 5.74) is 0.901. The zero-order valence-electron chi connectivity index (χ0n) is 10.5. The SMILES string of the molecule is CC[C@H](NS(=O)(=O)c1ccc(C#N)c(C)c1)C(=O)O. The molecule has 1 rings (SSSR count). The van der Waals surface area contributed by atoms with E-state index in [1.165, 1.54) is 18.2 Å². The molecule has 0 radical (unpaired) electrons. The van der Waals surface area contributed by atoms with E-state index < -0.39 is 22.0 Å². The van der Waals surface area contributed by atoms with Crippen molar-refractivity contribution >= 4 is 16.0 Å². The van der Waals surface area contributed by atoms with Crippen LogP contribution in [0.2, 0.25) is 0 Å². The van der Waals surface area contributed by atoms with Crippen molar-refractivity contribution in [2.24, 2.45) is 0 Å². The molecule has 2 N–H and O–H groups in total. The van der Waals surface area contributed by atoms with Crippen LogP contribution in [-0.2, 0) is 14.8 Å². The summed E-state index contributed by atoms with van der Waals surface area (Å²) in [4.78, 5) is 10.8. The van der Waals surface area contributed by atoms with Crippen molar-refractivity contribution in [1.82, 2.24) is 4.72 Å². The van der Waals surface area contributed by atoms with Gasteiger partial charge in [0.2, 0.25) is 10.0 Å². The first-order chi connectivity index (χ1) is 8.81. The molecule has 1 aromatic carbocycles. The standard InChI is InChI=1S/C12H14N2O4S/c1-3-11(12(15)16)14-19(17,18)10-5-4-9(7-13)8(2)6-10/h4-6,11,14H,3H2,1-2H3,(H,15,16)/t11-/m0/s1. The lowest BCUT2D eigenvalue weighted by Crippen LogP contribution is -2.40. The summed E-state index contributed by atoms with van der Waals surface area (Å²) in [5, 5.41) is 17.6. The van der Waals surface area contributed by atoms with Gasteiger partial charge >= 0.3 is 5.97 Å². The van der Waals surface area contributed by atoms with E-state index in [4.69, 9.17) is 10.4 Å². The number of rotatable bonds is 5. The van der Waals surface area contributed by atoms with E-state index in [0.717, 1.165) is 0 Å². The smallest absolute Gasteiger partial charge is 0.321 e. The lowest BCUT2D eigenvalue weighted by atomic mass is 10.1. The van der Waals surface area contributed by atoms with Crippen LogP contribution in [0.4, 0.5) is 0 Å². The molecule has 0 bridgehead atoms. The van der Waals surface area contributed by atoms with Crippen LogP contribution in [-0.4, -0.2) is 25.5 Å². The molecule has 6 nitrogen and oxygen atoms in total. The Kier molecular flexibility index (Phi) is 4.64. The van der Waals surface area contributed by atoms with Crippen molar-refractivity contribution in [1.29, 1.82) is 5.26 Å². The average Bonchev–Trinajstić information content (AvgIpc) is 2.35. The number of nitriles is 1. The van der Waals surface area contributed by atoms with Crippen LogP contribution in [0.5, 0.6) is 0 Å². The molecule has 0 unspecified atom stereocenters. The maximum Gasteiger partial charge on any atom is 0.321 e. The molecule has 102 valence electrons. The second-order valence-corrected chi connectivity index (χ2v) is 5.72. The number of aliphatic carboxylic acids is 1. The fourth-order valence-electron chi connectivity index (χ4n) is 1.49. The number of carboxylic acid groups (broad SMARTS) is 1. The van der Waals surface area contributed by atoms with Gasteiger partial charge in [-0.3, -0.25) is 4.79 Å². The molecule has 0 aliphatic heterocycles. The van der Waals surface area contributed by atoms with Crippen LogP contribution in [0.15, 0.2) is 23.1 Å². The third-order valence-electron chi connectivity index (χ3n) is 2.63. The van der Waals surface area contributed by atoms with Gasteiger partial charge in [0.05, 0.1) is 16.5 Å². The van der Waals surface area contributed by atoms with Crippen molar-refractivity contribution in [3.8, 4) is 6.07 Å². The summed E-state index contributed by atoms with van der Waals surface area (Å²) in [6.45, 7) is 3.19. The van der Waals surface area contributed by atoms with E-state index in [0.29, 0.717) is 11.1 Å². The van der Waals surface area contributed by atoms with Crippen molar-refractivity contribution < 1.29 is 18.3 Å². The molecule has 0 aromatic heterocycles. The van der Waals surface area contributed by atoms with Gasteiger partial charge in [0.1, 0.15) is 6.04 Å². The first-order valence-corrected chi connectivity index (χ1v) is 7.06. The van der Waals surface area contributed by atoms with Gasteiger partial charge in [-0.05, 0) is 37.1 Å². The van der Waals surface area contributed by atoms with E-state index in [1.807, 2.05) is 6.07 Å². The normalized spacial score (nSPS) is 12.7. The number of benzene rings is 1. The van der Waals surface area contributed by atoms with Gasteiger partial charge in [0, 0.05) is 0 Å². The van der Waals surface area contributed by atoms with Gasteiger partial charge in [0.15, 0.2) is 0 Å². The Morgan fingerprint density at radius 3 is 2.58 bits per heavy atom. The van der Waals surface area contributed by atoms with Gasteiger partial charge in [-0.2, -0.15) is 9.98 Å². The first-order valence-electron chi connectivity index (χ1n) is 5.57. The van der Waals surface area contributed by atoms with Crippen LogP contribution in [0.3, 0.4) is 0 Å². The molecule has 0 saturated carbocycles. The summed E-state index contributed by atoms with van der Waals surface area (Å²) in [7, 11) is -3.90. The Hall–Kier alpha value is -1.91. The summed E-state index contributed by atoms with van der Waals surface area (Å²) in [5.74, 6) is -1.23. The van der Waals surface area contributed by atoms with E-state index in [-0.39, 0.29) is 11.3 Å². The second kappa shape index (κ2) is 5.82. The highest BCUT2D eigenvalue weighted by molar-refractivity contribution is 7.89. The highest BCUT2D eigenvalue weighted by atomic mass is 32.2. The Balaban J connectivity index is 3.11. The van der Waals surface area contributed by atoms with Crippen molar-refractivity contribution in [2.75, 3.05) is 0 Å². The van der Waals surface area contributed by atoms with Gasteiger partial charge in [-0.15, -0.1) is 0 Å². The number of hydrogen-bond donors (Lipinski definition) is 2. The fraction of sp³-hybridized carbons (Fsp3) is 0.333. The van der Waals surface area contributed by atoms with Gasteiger partial charge in [-0.1, -0.05) is 6.92 Å². The molecule has 0 aliphatic carbocycles. The zero-order chi connectivity index (χ0) is 14.6. The highest BCUT2D eigenvalue weighted by Gasteiger charge is 2.24. The highest BCUT2D eigenvalue weighted by Crippen LogP contribution is 2.15. The second-order valence-electron chi connectivity index (χ2n) is 4.01. The fourth-order valence-corrected chi connectivity index (χ4v) is 2.85. The summed E-state index contributed by atoms with van der Waals surface area (Å²) in [6.07, 6.45) is 0.143.